The molecule has 0 spiro atoms. The van der Waals surface area contributed by atoms with Gasteiger partial charge in [0.05, 0.1) is 23.5 Å². The Balaban J connectivity index is 1.66. The number of amides is 1. The van der Waals surface area contributed by atoms with Crippen LogP contribution in [0.25, 0.3) is 21.4 Å². The number of nitrogens with zero attached hydrogens (tertiary/aromatic N) is 2. The Hall–Kier alpha value is -4.34. The minimum Gasteiger partial charge on any atom is -0.494 e. The number of aromatic hydroxyl groups is 1. The summed E-state index contributed by atoms with van der Waals surface area (Å²) >= 11 is 5.91. The predicted molar refractivity (Wildman–Crippen MR) is 126 cm³/mol. The lowest BCUT2D eigenvalue weighted by molar-refractivity contribution is -0.112. The molecule has 3 aromatic carbocycles. The molecule has 2 heterocycles. The molecule has 4 aromatic rings. The number of aromatic nitrogens is 1. The Bertz CT molecular complexity index is 1490. The maximum atomic E-state index is 13.0. The van der Waals surface area contributed by atoms with Gasteiger partial charge in [0.2, 0.25) is 0 Å². The van der Waals surface area contributed by atoms with Gasteiger partial charge in [-0.05, 0) is 35.9 Å². The van der Waals surface area contributed by atoms with Crippen molar-refractivity contribution in [3.8, 4) is 5.88 Å². The third-order valence-electron chi connectivity index (χ3n) is 5.24. The maximum Gasteiger partial charge on any atom is 0.275 e. The van der Waals surface area contributed by atoms with Crippen LogP contribution in [0.15, 0.2) is 83.5 Å². The standard InChI is InChI=1S/C25H15ClN4O2/c1-27-23(25(32)28-15-12-10-14(26)11-13-15)22-17-7-3-2-6-16(17)21(30-22)20-18-8-4-5-9-19(18)29-24(20)31/h2-13,29,31H,(H,28,32). The summed E-state index contributed by atoms with van der Waals surface area (Å²) < 4.78 is 0. The Morgan fingerprint density at radius 3 is 2.44 bits per heavy atom. The predicted octanol–water partition coefficient (Wildman–Crippen LogP) is 5.60. The van der Waals surface area contributed by atoms with Crippen LogP contribution in [0, 0.1) is 6.57 Å². The van der Waals surface area contributed by atoms with Crippen LogP contribution in [-0.2, 0) is 4.79 Å². The fourth-order valence-electron chi connectivity index (χ4n) is 3.80. The molecule has 0 fully saturated rings. The molecule has 0 unspecified atom stereocenters. The van der Waals surface area contributed by atoms with Crippen molar-refractivity contribution in [2.24, 2.45) is 4.99 Å². The Kier molecular flexibility index (Phi) is 4.74. The smallest absolute Gasteiger partial charge is 0.275 e. The van der Waals surface area contributed by atoms with E-state index in [1.807, 2.05) is 48.5 Å². The molecule has 1 amide bonds. The number of rotatable bonds is 3. The van der Waals surface area contributed by atoms with Crippen molar-refractivity contribution in [2.75, 3.05) is 5.32 Å². The molecule has 0 saturated heterocycles. The Morgan fingerprint density at radius 1 is 1.00 bits per heavy atom. The average molecular weight is 439 g/mol. The molecule has 0 radical (unpaired) electrons. The van der Waals surface area contributed by atoms with Crippen LogP contribution in [0.5, 0.6) is 5.88 Å². The first-order valence-electron chi connectivity index (χ1n) is 9.74. The van der Waals surface area contributed by atoms with Crippen LogP contribution in [0.2, 0.25) is 5.02 Å². The third-order valence-corrected chi connectivity index (χ3v) is 5.49. The lowest BCUT2D eigenvalue weighted by atomic mass is 9.98. The number of H-pyrrole nitrogens is 1. The quantitative estimate of drug-likeness (QED) is 0.287. The van der Waals surface area contributed by atoms with Crippen LogP contribution in [-0.4, -0.2) is 21.7 Å². The molecule has 1 aromatic heterocycles. The van der Waals surface area contributed by atoms with E-state index in [2.05, 4.69) is 20.1 Å². The number of fused-ring (bicyclic) bond motifs is 2. The topological polar surface area (TPSA) is 81.8 Å². The van der Waals surface area contributed by atoms with Crippen LogP contribution in [0.4, 0.5) is 5.69 Å². The average Bonchev–Trinajstić information content (AvgIpc) is 3.33. The van der Waals surface area contributed by atoms with Gasteiger partial charge in [0.1, 0.15) is 0 Å². The maximum absolute atomic E-state index is 13.0. The number of anilines is 1. The van der Waals surface area contributed by atoms with Crippen molar-refractivity contribution in [3.05, 3.63) is 112 Å². The highest BCUT2D eigenvalue weighted by atomic mass is 35.5. The fourth-order valence-corrected chi connectivity index (χ4v) is 3.93. The molecule has 32 heavy (non-hydrogen) atoms. The number of hydrogen-bond donors (Lipinski definition) is 3. The van der Waals surface area contributed by atoms with E-state index in [1.54, 1.807) is 24.3 Å². The van der Waals surface area contributed by atoms with Gasteiger partial charge in [0.15, 0.2) is 5.88 Å². The molecule has 0 atom stereocenters. The van der Waals surface area contributed by atoms with Crippen molar-refractivity contribution in [3.63, 3.8) is 0 Å². The van der Waals surface area contributed by atoms with Crippen molar-refractivity contribution < 1.29 is 9.90 Å². The van der Waals surface area contributed by atoms with E-state index < -0.39 is 5.91 Å². The summed E-state index contributed by atoms with van der Waals surface area (Å²) in [5.41, 5.74) is 3.85. The monoisotopic (exact) mass is 438 g/mol. The summed E-state index contributed by atoms with van der Waals surface area (Å²) in [6.45, 7) is 7.67. The van der Waals surface area contributed by atoms with E-state index in [-0.39, 0.29) is 17.3 Å². The van der Waals surface area contributed by atoms with Crippen molar-refractivity contribution in [1.82, 2.24) is 4.98 Å². The molecule has 7 heteroatoms. The van der Waals surface area contributed by atoms with Gasteiger partial charge in [-0.3, -0.25) is 9.79 Å². The number of benzene rings is 3. The number of para-hydroxylation sites is 1. The molecule has 3 N–H and O–H groups in total. The molecule has 0 aliphatic carbocycles. The van der Waals surface area contributed by atoms with Crippen molar-refractivity contribution in [1.29, 1.82) is 0 Å². The molecule has 0 saturated carbocycles. The van der Waals surface area contributed by atoms with Crippen LogP contribution in [0.3, 0.4) is 0 Å². The highest BCUT2D eigenvalue weighted by Gasteiger charge is 2.30. The molecular weight excluding hydrogens is 424 g/mol. The number of aliphatic imine (C=N–C) groups is 1. The molecular formula is C25H15ClN4O2. The minimum absolute atomic E-state index is 0.0176. The zero-order valence-electron chi connectivity index (χ0n) is 16.6. The largest absolute Gasteiger partial charge is 0.494 e. The van der Waals surface area contributed by atoms with Gasteiger partial charge in [0, 0.05) is 27.2 Å². The first-order chi connectivity index (χ1) is 15.6. The Morgan fingerprint density at radius 2 is 1.69 bits per heavy atom. The summed E-state index contributed by atoms with van der Waals surface area (Å²) in [5.74, 6) is -0.587. The summed E-state index contributed by atoms with van der Waals surface area (Å²) in [7, 11) is 0. The number of aromatic amines is 1. The minimum atomic E-state index is -0.569. The molecule has 154 valence electrons. The van der Waals surface area contributed by atoms with Crippen LogP contribution in [0.1, 0.15) is 16.7 Å². The van der Waals surface area contributed by atoms with Gasteiger partial charge in [0.25, 0.3) is 11.6 Å². The SMILES string of the molecule is [C-]#[N+]C(C(=O)Nc1ccc(Cl)cc1)=C1N=C(c2c(O)[nH]c3ccccc23)c2ccccc21. The first-order valence-corrected chi connectivity index (χ1v) is 10.1. The van der Waals surface area contributed by atoms with Crippen molar-refractivity contribution >= 4 is 45.5 Å². The highest BCUT2D eigenvalue weighted by molar-refractivity contribution is 6.30. The lowest BCUT2D eigenvalue weighted by Crippen LogP contribution is -2.13. The number of carbonyl (C=O) groups is 1. The molecule has 0 bridgehead atoms. The van der Waals surface area contributed by atoms with Gasteiger partial charge in [-0.1, -0.05) is 54.1 Å². The van der Waals surface area contributed by atoms with E-state index >= 15 is 0 Å². The molecule has 5 rings (SSSR count). The normalized spacial score (nSPS) is 13.9. The van der Waals surface area contributed by atoms with E-state index in [9.17, 15) is 9.90 Å². The first kappa shape index (κ1) is 19.6. The van der Waals surface area contributed by atoms with Gasteiger partial charge in [-0.15, -0.1) is 0 Å². The number of hydrogen-bond acceptors (Lipinski definition) is 3. The fraction of sp³-hybridized carbons (Fsp3) is 0. The Labute approximate surface area is 188 Å². The number of nitrogens with one attached hydrogen (secondary N) is 2. The second-order valence-corrected chi connectivity index (χ2v) is 7.61. The van der Waals surface area contributed by atoms with Crippen LogP contribution < -0.4 is 5.32 Å². The number of carbonyl (C=O) groups excluding carboxylic acids is 1. The molecule has 1 aliphatic rings. The summed E-state index contributed by atoms with van der Waals surface area (Å²) in [5, 5.41) is 14.7. The molecule has 1 aliphatic heterocycles. The third kappa shape index (κ3) is 3.22. The van der Waals surface area contributed by atoms with Crippen molar-refractivity contribution in [2.45, 2.75) is 0 Å². The second-order valence-electron chi connectivity index (χ2n) is 7.17. The second kappa shape index (κ2) is 7.73. The summed E-state index contributed by atoms with van der Waals surface area (Å²) in [6, 6.07) is 21.5. The lowest BCUT2D eigenvalue weighted by Gasteiger charge is -2.06. The van der Waals surface area contributed by atoms with E-state index in [1.165, 1.54) is 0 Å². The van der Waals surface area contributed by atoms with Gasteiger partial charge >= 0.3 is 0 Å². The zero-order valence-corrected chi connectivity index (χ0v) is 17.3. The number of halogens is 1. The summed E-state index contributed by atoms with van der Waals surface area (Å²) in [6.07, 6.45) is 0. The van der Waals surface area contributed by atoms with Gasteiger partial charge < -0.3 is 15.4 Å². The van der Waals surface area contributed by atoms with Crippen LogP contribution >= 0.6 is 11.6 Å². The summed E-state index contributed by atoms with van der Waals surface area (Å²) in [4.78, 5) is 24.1. The van der Waals surface area contributed by atoms with E-state index in [0.29, 0.717) is 27.5 Å². The van der Waals surface area contributed by atoms with E-state index in [0.717, 1.165) is 16.5 Å². The van der Waals surface area contributed by atoms with E-state index in [4.69, 9.17) is 18.2 Å². The van der Waals surface area contributed by atoms with Gasteiger partial charge in [-0.2, -0.15) is 0 Å². The highest BCUT2D eigenvalue weighted by Crippen LogP contribution is 2.38. The molecule has 6 nitrogen and oxygen atoms in total. The van der Waals surface area contributed by atoms with Gasteiger partial charge in [-0.25, -0.2) is 4.85 Å². The zero-order chi connectivity index (χ0) is 22.2.